The van der Waals surface area contributed by atoms with Crippen LogP contribution in [0, 0.1) is 11.8 Å². The maximum atomic E-state index is 12.8. The predicted molar refractivity (Wildman–Crippen MR) is 124 cm³/mol. The van der Waals surface area contributed by atoms with Gasteiger partial charge in [0.1, 0.15) is 5.75 Å². The minimum absolute atomic E-state index is 0.0423. The number of phenols is 1. The van der Waals surface area contributed by atoms with E-state index in [-0.39, 0.29) is 17.6 Å². The first kappa shape index (κ1) is 21.1. The highest BCUT2D eigenvalue weighted by Gasteiger charge is 2.28. The van der Waals surface area contributed by atoms with Gasteiger partial charge in [0.15, 0.2) is 5.78 Å². The maximum absolute atomic E-state index is 12.8. The van der Waals surface area contributed by atoms with Crippen molar-refractivity contribution in [1.29, 1.82) is 0 Å². The number of anilines is 1. The fraction of sp³-hybridized carbons (Fsp3) is 0.615. The lowest BCUT2D eigenvalue weighted by Gasteiger charge is -2.30. The van der Waals surface area contributed by atoms with Crippen LogP contribution in [0.15, 0.2) is 29.3 Å². The van der Waals surface area contributed by atoms with E-state index in [1.165, 1.54) is 38.5 Å². The molecule has 0 atom stereocenters. The Bertz CT molecular complexity index is 826. The Morgan fingerprint density at radius 3 is 2.17 bits per heavy atom. The normalized spacial score (nSPS) is 30.3. The molecule has 0 amide bonds. The van der Waals surface area contributed by atoms with Crippen molar-refractivity contribution in [3.05, 3.63) is 35.4 Å². The highest BCUT2D eigenvalue weighted by molar-refractivity contribution is 6.27. The summed E-state index contributed by atoms with van der Waals surface area (Å²) in [5.41, 5.74) is 2.82. The highest BCUT2D eigenvalue weighted by atomic mass is 16.3. The molecule has 0 saturated heterocycles. The van der Waals surface area contributed by atoms with Gasteiger partial charge in [-0.15, -0.1) is 0 Å². The molecular formula is C26H36N2O2. The Morgan fingerprint density at radius 1 is 0.900 bits per heavy atom. The van der Waals surface area contributed by atoms with E-state index in [4.69, 9.17) is 4.99 Å². The number of hydrogen-bond donors (Lipinski definition) is 2. The Balaban J connectivity index is 1.58. The van der Waals surface area contributed by atoms with Gasteiger partial charge in [0.2, 0.25) is 0 Å². The number of aliphatic imine (C=N–C) groups is 1. The van der Waals surface area contributed by atoms with Crippen LogP contribution in [0.3, 0.4) is 0 Å². The SMILES string of the molecule is CCC1CCC(N=C2C=CC(=O)c3c(NC4CCC(CC)CC4)ccc(O)c32)CC1. The van der Waals surface area contributed by atoms with E-state index in [0.717, 1.165) is 48.9 Å². The molecular weight excluding hydrogens is 372 g/mol. The summed E-state index contributed by atoms with van der Waals surface area (Å²) < 4.78 is 0. The average Bonchev–Trinajstić information content (AvgIpc) is 2.78. The smallest absolute Gasteiger partial charge is 0.188 e. The van der Waals surface area contributed by atoms with Crippen LogP contribution < -0.4 is 5.32 Å². The van der Waals surface area contributed by atoms with Crippen molar-refractivity contribution in [2.45, 2.75) is 90.1 Å². The van der Waals surface area contributed by atoms with Crippen LogP contribution in [0.25, 0.3) is 0 Å². The highest BCUT2D eigenvalue weighted by Crippen LogP contribution is 2.36. The molecule has 2 fully saturated rings. The third-order valence-corrected chi connectivity index (χ3v) is 7.58. The quantitative estimate of drug-likeness (QED) is 0.563. The van der Waals surface area contributed by atoms with Gasteiger partial charge in [-0.05, 0) is 87.5 Å². The largest absolute Gasteiger partial charge is 0.507 e. The Labute approximate surface area is 180 Å². The minimum Gasteiger partial charge on any atom is -0.507 e. The number of hydrogen-bond acceptors (Lipinski definition) is 4. The summed E-state index contributed by atoms with van der Waals surface area (Å²) in [6.07, 6.45) is 15.3. The molecule has 3 aliphatic carbocycles. The molecule has 0 aliphatic heterocycles. The molecule has 0 unspecified atom stereocenters. The van der Waals surface area contributed by atoms with Gasteiger partial charge in [0.05, 0.1) is 22.9 Å². The minimum atomic E-state index is -0.0423. The number of aromatic hydroxyl groups is 1. The molecule has 30 heavy (non-hydrogen) atoms. The fourth-order valence-corrected chi connectivity index (χ4v) is 5.47. The molecule has 0 radical (unpaired) electrons. The van der Waals surface area contributed by atoms with Gasteiger partial charge in [0.25, 0.3) is 0 Å². The molecule has 2 saturated carbocycles. The lowest BCUT2D eigenvalue weighted by atomic mass is 9.83. The molecule has 3 aliphatic rings. The van der Waals surface area contributed by atoms with Crippen molar-refractivity contribution in [2.24, 2.45) is 16.8 Å². The van der Waals surface area contributed by atoms with Gasteiger partial charge in [-0.2, -0.15) is 0 Å². The van der Waals surface area contributed by atoms with Crippen LogP contribution in [0.1, 0.15) is 94.0 Å². The van der Waals surface area contributed by atoms with Gasteiger partial charge in [-0.1, -0.05) is 26.7 Å². The van der Waals surface area contributed by atoms with Gasteiger partial charge in [0, 0.05) is 11.7 Å². The molecule has 1 aromatic rings. The van der Waals surface area contributed by atoms with Crippen LogP contribution in [0.5, 0.6) is 5.75 Å². The number of nitrogens with zero attached hydrogens (tertiary/aromatic N) is 1. The monoisotopic (exact) mass is 408 g/mol. The zero-order valence-corrected chi connectivity index (χ0v) is 18.5. The van der Waals surface area contributed by atoms with Crippen molar-refractivity contribution in [2.75, 3.05) is 5.32 Å². The lowest BCUT2D eigenvalue weighted by molar-refractivity contribution is 0.104. The van der Waals surface area contributed by atoms with Crippen molar-refractivity contribution in [3.8, 4) is 5.75 Å². The van der Waals surface area contributed by atoms with Crippen molar-refractivity contribution >= 4 is 17.2 Å². The molecule has 2 N–H and O–H groups in total. The van der Waals surface area contributed by atoms with Gasteiger partial charge in [-0.3, -0.25) is 9.79 Å². The Kier molecular flexibility index (Phi) is 6.60. The van der Waals surface area contributed by atoms with Gasteiger partial charge >= 0.3 is 0 Å². The van der Waals surface area contributed by atoms with Crippen molar-refractivity contribution in [1.82, 2.24) is 0 Å². The second kappa shape index (κ2) is 9.36. The first-order valence-electron chi connectivity index (χ1n) is 12.0. The first-order chi connectivity index (χ1) is 14.6. The molecule has 162 valence electrons. The standard InChI is InChI=1S/C26H36N2O2/c1-3-17-5-9-19(10-6-17)27-21-13-15-24(30)26-22(14-16-23(29)25(21)26)28-20-11-7-18(4-2)8-12-20/h13-20,27,30H,3-12H2,1-2H3. The number of allylic oxidation sites excluding steroid dienone is 2. The van der Waals surface area contributed by atoms with Crippen LogP contribution in [0.2, 0.25) is 0 Å². The third kappa shape index (κ3) is 4.48. The topological polar surface area (TPSA) is 61.7 Å². The van der Waals surface area contributed by atoms with E-state index in [9.17, 15) is 9.90 Å². The Hall–Kier alpha value is -2.10. The van der Waals surface area contributed by atoms with Gasteiger partial charge < -0.3 is 10.4 Å². The van der Waals surface area contributed by atoms with E-state index in [2.05, 4.69) is 19.2 Å². The van der Waals surface area contributed by atoms with Crippen LogP contribution in [-0.2, 0) is 0 Å². The second-order valence-corrected chi connectivity index (χ2v) is 9.45. The number of nitrogens with one attached hydrogen (secondary N) is 1. The van der Waals surface area contributed by atoms with Crippen molar-refractivity contribution in [3.63, 3.8) is 0 Å². The fourth-order valence-electron chi connectivity index (χ4n) is 5.47. The summed E-state index contributed by atoms with van der Waals surface area (Å²) >= 11 is 0. The first-order valence-corrected chi connectivity index (χ1v) is 12.0. The number of phenolic OH excluding ortho intramolecular Hbond substituents is 1. The lowest BCUT2D eigenvalue weighted by Crippen LogP contribution is -2.27. The zero-order valence-electron chi connectivity index (χ0n) is 18.5. The van der Waals surface area contributed by atoms with Crippen molar-refractivity contribution < 1.29 is 9.90 Å². The molecule has 4 nitrogen and oxygen atoms in total. The summed E-state index contributed by atoms with van der Waals surface area (Å²) in [4.78, 5) is 17.8. The number of rotatable bonds is 5. The molecule has 0 heterocycles. The summed E-state index contributed by atoms with van der Waals surface area (Å²) in [5, 5.41) is 14.3. The van der Waals surface area contributed by atoms with E-state index in [1.807, 2.05) is 6.07 Å². The van der Waals surface area contributed by atoms with E-state index < -0.39 is 0 Å². The number of ketones is 1. The maximum Gasteiger partial charge on any atom is 0.188 e. The van der Waals surface area contributed by atoms with E-state index in [0.29, 0.717) is 17.2 Å². The zero-order chi connectivity index (χ0) is 21.1. The Morgan fingerprint density at radius 2 is 1.53 bits per heavy atom. The molecule has 4 rings (SSSR count). The molecule has 0 aromatic heterocycles. The second-order valence-electron chi connectivity index (χ2n) is 9.45. The third-order valence-electron chi connectivity index (χ3n) is 7.58. The molecule has 1 aromatic carbocycles. The average molecular weight is 409 g/mol. The molecule has 0 bridgehead atoms. The van der Waals surface area contributed by atoms with Crippen LogP contribution >= 0.6 is 0 Å². The molecule has 4 heteroatoms. The summed E-state index contributed by atoms with van der Waals surface area (Å²) in [5.74, 6) is 1.77. The predicted octanol–water partition coefficient (Wildman–Crippen LogP) is 6.28. The molecule has 0 spiro atoms. The van der Waals surface area contributed by atoms with E-state index in [1.54, 1.807) is 18.2 Å². The number of carbonyl (C=O) groups is 1. The number of carbonyl (C=O) groups excluding carboxylic acids is 1. The van der Waals surface area contributed by atoms with Crippen LogP contribution in [-0.4, -0.2) is 28.7 Å². The summed E-state index contributed by atoms with van der Waals surface area (Å²) in [7, 11) is 0. The van der Waals surface area contributed by atoms with E-state index >= 15 is 0 Å². The number of benzene rings is 1. The van der Waals surface area contributed by atoms with Gasteiger partial charge in [-0.25, -0.2) is 0 Å². The number of fused-ring (bicyclic) bond motifs is 1. The summed E-state index contributed by atoms with van der Waals surface area (Å²) in [6.45, 7) is 4.54. The van der Waals surface area contributed by atoms with Crippen LogP contribution in [0.4, 0.5) is 5.69 Å². The summed E-state index contributed by atoms with van der Waals surface area (Å²) in [6, 6.07) is 4.26.